The molecule has 3 aromatic rings. The Hall–Kier alpha value is -2.77. The molecule has 0 spiro atoms. The number of hydrogen-bond donors (Lipinski definition) is 0. The Bertz CT molecular complexity index is 915. The summed E-state index contributed by atoms with van der Waals surface area (Å²) < 4.78 is 3.90. The lowest BCUT2D eigenvalue weighted by Gasteiger charge is -2.25. The molecule has 1 atom stereocenters. The molecule has 27 heavy (non-hydrogen) atoms. The maximum atomic E-state index is 12.9. The summed E-state index contributed by atoms with van der Waals surface area (Å²) >= 11 is 0. The van der Waals surface area contributed by atoms with Crippen LogP contribution in [0.4, 0.5) is 0 Å². The van der Waals surface area contributed by atoms with Gasteiger partial charge in [0, 0.05) is 19.5 Å². The molecule has 0 saturated carbocycles. The van der Waals surface area contributed by atoms with Crippen LogP contribution in [0.15, 0.2) is 30.6 Å². The second-order valence-corrected chi connectivity index (χ2v) is 7.53. The highest BCUT2D eigenvalue weighted by atomic mass is 16.2. The van der Waals surface area contributed by atoms with E-state index >= 15 is 0 Å². The first-order valence-corrected chi connectivity index (χ1v) is 9.59. The van der Waals surface area contributed by atoms with E-state index in [9.17, 15) is 4.79 Å². The van der Waals surface area contributed by atoms with Crippen molar-refractivity contribution >= 4 is 16.9 Å². The number of carbonyl (C=O) groups is 1. The summed E-state index contributed by atoms with van der Waals surface area (Å²) in [5, 5.41) is 11.1. The zero-order valence-corrected chi connectivity index (χ0v) is 15.8. The van der Waals surface area contributed by atoms with E-state index in [0.29, 0.717) is 18.9 Å². The van der Waals surface area contributed by atoms with Gasteiger partial charge in [-0.25, -0.2) is 9.67 Å². The number of imidazole rings is 1. The number of tetrazole rings is 1. The van der Waals surface area contributed by atoms with Crippen LogP contribution in [-0.2, 0) is 17.9 Å². The SMILES string of the molecule is CC(C)Cn1c([C@H]2CCCN2C(=O)CCn2cnnn2)nc2ccccc21. The Labute approximate surface area is 158 Å². The highest BCUT2D eigenvalue weighted by molar-refractivity contribution is 5.78. The molecule has 0 N–H and O–H groups in total. The van der Waals surface area contributed by atoms with Crippen LogP contribution in [0.5, 0.6) is 0 Å². The van der Waals surface area contributed by atoms with Crippen LogP contribution in [0.1, 0.15) is 45.0 Å². The molecule has 1 amide bonds. The number of carbonyl (C=O) groups excluding carboxylic acids is 1. The van der Waals surface area contributed by atoms with E-state index in [-0.39, 0.29) is 11.9 Å². The van der Waals surface area contributed by atoms with Gasteiger partial charge in [0.1, 0.15) is 12.2 Å². The van der Waals surface area contributed by atoms with Crippen LogP contribution in [0.25, 0.3) is 11.0 Å². The van der Waals surface area contributed by atoms with Crippen molar-refractivity contribution in [1.29, 1.82) is 0 Å². The smallest absolute Gasteiger partial charge is 0.225 e. The molecule has 8 nitrogen and oxygen atoms in total. The summed E-state index contributed by atoms with van der Waals surface area (Å²) in [7, 11) is 0. The van der Waals surface area contributed by atoms with Gasteiger partial charge in [0.15, 0.2) is 0 Å². The standard InChI is InChI=1S/C19H25N7O/c1-14(2)12-26-16-7-4-3-6-15(16)21-19(26)17-8-5-10-25(17)18(27)9-11-24-13-20-22-23-24/h3-4,6-7,13-14,17H,5,8-12H2,1-2H3/t17-/m1/s1. The monoisotopic (exact) mass is 367 g/mol. The van der Waals surface area contributed by atoms with Crippen LogP contribution in [0.3, 0.4) is 0 Å². The quantitative estimate of drug-likeness (QED) is 0.668. The van der Waals surface area contributed by atoms with Crippen molar-refractivity contribution in [2.24, 2.45) is 5.92 Å². The van der Waals surface area contributed by atoms with Gasteiger partial charge in [0.05, 0.1) is 23.6 Å². The third-order valence-electron chi connectivity index (χ3n) is 5.05. The highest BCUT2D eigenvalue weighted by Crippen LogP contribution is 2.34. The predicted molar refractivity (Wildman–Crippen MR) is 101 cm³/mol. The molecule has 8 heteroatoms. The number of aryl methyl sites for hydroxylation is 1. The Morgan fingerprint density at radius 1 is 1.30 bits per heavy atom. The van der Waals surface area contributed by atoms with Crippen LogP contribution >= 0.6 is 0 Å². The third-order valence-corrected chi connectivity index (χ3v) is 5.05. The molecule has 2 aromatic heterocycles. The first kappa shape index (κ1) is 17.6. The topological polar surface area (TPSA) is 81.7 Å². The van der Waals surface area contributed by atoms with Gasteiger partial charge in [-0.3, -0.25) is 4.79 Å². The summed E-state index contributed by atoms with van der Waals surface area (Å²) in [5.74, 6) is 1.65. The number of fused-ring (bicyclic) bond motifs is 1. The van der Waals surface area contributed by atoms with Crippen molar-refractivity contribution in [2.75, 3.05) is 6.54 Å². The third kappa shape index (κ3) is 3.56. The van der Waals surface area contributed by atoms with Gasteiger partial charge in [-0.15, -0.1) is 5.10 Å². The average Bonchev–Trinajstić information content (AvgIpc) is 3.39. The molecule has 0 bridgehead atoms. The van der Waals surface area contributed by atoms with E-state index in [1.807, 2.05) is 17.0 Å². The van der Waals surface area contributed by atoms with Gasteiger partial charge in [0.2, 0.25) is 5.91 Å². The molecular weight excluding hydrogens is 342 g/mol. The van der Waals surface area contributed by atoms with Crippen LogP contribution in [-0.4, -0.2) is 47.1 Å². The van der Waals surface area contributed by atoms with Gasteiger partial charge in [0.25, 0.3) is 0 Å². The zero-order chi connectivity index (χ0) is 18.8. The Balaban J connectivity index is 1.60. The van der Waals surface area contributed by atoms with Gasteiger partial charge in [-0.2, -0.15) is 0 Å². The minimum atomic E-state index is 0.0394. The van der Waals surface area contributed by atoms with E-state index < -0.39 is 0 Å². The predicted octanol–water partition coefficient (Wildman–Crippen LogP) is 2.43. The van der Waals surface area contributed by atoms with Gasteiger partial charge >= 0.3 is 0 Å². The van der Waals surface area contributed by atoms with Crippen molar-refractivity contribution in [2.45, 2.75) is 52.2 Å². The molecule has 1 aliphatic rings. The number of nitrogens with zero attached hydrogens (tertiary/aromatic N) is 7. The molecule has 4 rings (SSSR count). The summed E-state index contributed by atoms with van der Waals surface area (Å²) in [6.07, 6.45) is 3.90. The highest BCUT2D eigenvalue weighted by Gasteiger charge is 2.33. The second kappa shape index (κ2) is 7.46. The van der Waals surface area contributed by atoms with Crippen molar-refractivity contribution in [1.82, 2.24) is 34.7 Å². The first-order valence-electron chi connectivity index (χ1n) is 9.59. The minimum absolute atomic E-state index is 0.0394. The first-order chi connectivity index (χ1) is 13.1. The number of hydrogen-bond acceptors (Lipinski definition) is 5. The van der Waals surface area contributed by atoms with Gasteiger partial charge in [-0.05, 0) is 41.3 Å². The second-order valence-electron chi connectivity index (χ2n) is 7.53. The summed E-state index contributed by atoms with van der Waals surface area (Å²) in [5.41, 5.74) is 2.15. The molecule has 1 aliphatic heterocycles. The Kier molecular flexibility index (Phi) is 4.87. The number of para-hydroxylation sites is 2. The molecule has 0 unspecified atom stereocenters. The maximum Gasteiger partial charge on any atom is 0.225 e. The molecule has 1 aromatic carbocycles. The summed E-state index contributed by atoms with van der Waals surface area (Å²) in [6, 6.07) is 8.27. The Morgan fingerprint density at radius 3 is 2.93 bits per heavy atom. The fourth-order valence-corrected chi connectivity index (χ4v) is 3.88. The lowest BCUT2D eigenvalue weighted by molar-refractivity contribution is -0.132. The number of benzene rings is 1. The number of amides is 1. The van der Waals surface area contributed by atoms with Crippen molar-refractivity contribution in [3.63, 3.8) is 0 Å². The summed E-state index contributed by atoms with van der Waals surface area (Å²) in [4.78, 5) is 19.8. The zero-order valence-electron chi connectivity index (χ0n) is 15.8. The number of aromatic nitrogens is 6. The lowest BCUT2D eigenvalue weighted by Crippen LogP contribution is -2.32. The average molecular weight is 367 g/mol. The molecule has 142 valence electrons. The largest absolute Gasteiger partial charge is 0.332 e. The van der Waals surface area contributed by atoms with E-state index in [0.717, 1.165) is 42.8 Å². The number of rotatable bonds is 6. The van der Waals surface area contributed by atoms with Gasteiger partial charge in [-0.1, -0.05) is 26.0 Å². The van der Waals surface area contributed by atoms with E-state index in [1.165, 1.54) is 6.33 Å². The molecular formula is C19H25N7O. The van der Waals surface area contributed by atoms with Crippen LogP contribution in [0.2, 0.25) is 0 Å². The molecule has 0 radical (unpaired) electrons. The van der Waals surface area contributed by atoms with E-state index in [4.69, 9.17) is 4.98 Å². The molecule has 1 saturated heterocycles. The van der Waals surface area contributed by atoms with Gasteiger partial charge < -0.3 is 9.47 Å². The van der Waals surface area contributed by atoms with Crippen LogP contribution < -0.4 is 0 Å². The minimum Gasteiger partial charge on any atom is -0.332 e. The Morgan fingerprint density at radius 2 is 2.15 bits per heavy atom. The molecule has 0 aliphatic carbocycles. The van der Waals surface area contributed by atoms with E-state index in [2.05, 4.69) is 46.1 Å². The number of likely N-dealkylation sites (tertiary alicyclic amines) is 1. The maximum absolute atomic E-state index is 12.9. The summed E-state index contributed by atoms with van der Waals surface area (Å²) in [6.45, 7) is 6.60. The fourth-order valence-electron chi connectivity index (χ4n) is 3.88. The van der Waals surface area contributed by atoms with Crippen molar-refractivity contribution in [3.05, 3.63) is 36.4 Å². The molecule has 1 fully saturated rings. The lowest BCUT2D eigenvalue weighted by atomic mass is 10.1. The van der Waals surface area contributed by atoms with E-state index in [1.54, 1.807) is 4.68 Å². The van der Waals surface area contributed by atoms with Crippen molar-refractivity contribution < 1.29 is 4.79 Å². The molecule has 3 heterocycles. The van der Waals surface area contributed by atoms with Crippen LogP contribution in [0, 0.1) is 5.92 Å². The normalized spacial score (nSPS) is 17.3. The van der Waals surface area contributed by atoms with Crippen molar-refractivity contribution in [3.8, 4) is 0 Å². The fraction of sp³-hybridized carbons (Fsp3) is 0.526.